The van der Waals surface area contributed by atoms with Crippen LogP contribution in [0.25, 0.3) is 10.8 Å². The highest BCUT2D eigenvalue weighted by molar-refractivity contribution is 5.85. The van der Waals surface area contributed by atoms with Gasteiger partial charge in [0.25, 0.3) is 0 Å². The molecule has 0 radical (unpaired) electrons. The largest absolute Gasteiger partial charge is 0.504 e. The van der Waals surface area contributed by atoms with Gasteiger partial charge in [0, 0.05) is 0 Å². The second kappa shape index (κ2) is 4.73. The molecule has 0 saturated carbocycles. The third kappa shape index (κ3) is 2.19. The van der Waals surface area contributed by atoms with Crippen LogP contribution in [0, 0.1) is 0 Å². The molecule has 2 heteroatoms. The predicted molar refractivity (Wildman–Crippen MR) is 73.0 cm³/mol. The molecule has 1 aliphatic carbocycles. The molecule has 0 aliphatic heterocycles. The SMILES string of the molecule is Oc1cc2ccccc2cc1OC1C=CCCC1. The van der Waals surface area contributed by atoms with Gasteiger partial charge < -0.3 is 9.84 Å². The summed E-state index contributed by atoms with van der Waals surface area (Å²) < 4.78 is 5.86. The van der Waals surface area contributed by atoms with E-state index < -0.39 is 0 Å². The minimum atomic E-state index is 0.0887. The van der Waals surface area contributed by atoms with Gasteiger partial charge in [0.05, 0.1) is 0 Å². The van der Waals surface area contributed by atoms with Crippen molar-refractivity contribution in [1.29, 1.82) is 0 Å². The van der Waals surface area contributed by atoms with Gasteiger partial charge >= 0.3 is 0 Å². The number of hydrogen-bond acceptors (Lipinski definition) is 2. The summed E-state index contributed by atoms with van der Waals surface area (Å²) >= 11 is 0. The first-order chi connectivity index (χ1) is 8.83. The number of phenols is 1. The normalized spacial score (nSPS) is 19.0. The van der Waals surface area contributed by atoms with E-state index in [9.17, 15) is 5.11 Å². The molecule has 1 unspecified atom stereocenters. The zero-order chi connectivity index (χ0) is 12.4. The van der Waals surface area contributed by atoms with Crippen LogP contribution < -0.4 is 4.74 Å². The summed E-state index contributed by atoms with van der Waals surface area (Å²) in [6.45, 7) is 0. The van der Waals surface area contributed by atoms with Gasteiger partial charge in [-0.2, -0.15) is 0 Å². The van der Waals surface area contributed by atoms with E-state index in [4.69, 9.17) is 4.74 Å². The van der Waals surface area contributed by atoms with Crippen LogP contribution in [0.4, 0.5) is 0 Å². The molecule has 1 atom stereocenters. The average Bonchev–Trinajstić information content (AvgIpc) is 2.41. The van der Waals surface area contributed by atoms with Gasteiger partial charge in [0.1, 0.15) is 6.10 Å². The van der Waals surface area contributed by atoms with Crippen LogP contribution in [-0.4, -0.2) is 11.2 Å². The number of fused-ring (bicyclic) bond motifs is 1. The summed E-state index contributed by atoms with van der Waals surface area (Å²) in [5.41, 5.74) is 0. The Morgan fingerprint density at radius 3 is 2.61 bits per heavy atom. The van der Waals surface area contributed by atoms with Crippen molar-refractivity contribution >= 4 is 10.8 Å². The van der Waals surface area contributed by atoms with Crippen molar-refractivity contribution in [3.63, 3.8) is 0 Å². The minimum Gasteiger partial charge on any atom is -0.504 e. The van der Waals surface area contributed by atoms with E-state index >= 15 is 0 Å². The molecule has 0 saturated heterocycles. The van der Waals surface area contributed by atoms with Gasteiger partial charge in [-0.05, 0) is 48.2 Å². The Balaban J connectivity index is 1.93. The summed E-state index contributed by atoms with van der Waals surface area (Å²) in [6.07, 6.45) is 7.61. The summed E-state index contributed by atoms with van der Waals surface area (Å²) in [4.78, 5) is 0. The Bertz CT molecular complexity index is 587. The number of ether oxygens (including phenoxy) is 1. The van der Waals surface area contributed by atoms with Crippen molar-refractivity contribution < 1.29 is 9.84 Å². The number of phenolic OH excluding ortho intramolecular Hbond substituents is 1. The first-order valence-electron chi connectivity index (χ1n) is 6.38. The first-order valence-corrected chi connectivity index (χ1v) is 6.38. The highest BCUT2D eigenvalue weighted by Gasteiger charge is 2.13. The van der Waals surface area contributed by atoms with Crippen LogP contribution in [0.1, 0.15) is 19.3 Å². The molecule has 0 aromatic heterocycles. The fraction of sp³-hybridized carbons (Fsp3) is 0.250. The van der Waals surface area contributed by atoms with E-state index in [0.717, 1.165) is 30.0 Å². The Morgan fingerprint density at radius 1 is 1.11 bits per heavy atom. The lowest BCUT2D eigenvalue weighted by molar-refractivity contribution is 0.221. The Kier molecular flexibility index (Phi) is 2.93. The van der Waals surface area contributed by atoms with Crippen molar-refractivity contribution in [1.82, 2.24) is 0 Å². The lowest BCUT2D eigenvalue weighted by atomic mass is 10.1. The highest BCUT2D eigenvalue weighted by Crippen LogP contribution is 2.33. The monoisotopic (exact) mass is 240 g/mol. The number of hydrogen-bond donors (Lipinski definition) is 1. The maximum atomic E-state index is 9.99. The number of allylic oxidation sites excluding steroid dienone is 1. The Hall–Kier alpha value is -1.96. The zero-order valence-corrected chi connectivity index (χ0v) is 10.2. The summed E-state index contributed by atoms with van der Waals surface area (Å²) in [6, 6.07) is 11.6. The van der Waals surface area contributed by atoms with Gasteiger partial charge in [-0.15, -0.1) is 0 Å². The fourth-order valence-electron chi connectivity index (χ4n) is 2.34. The van der Waals surface area contributed by atoms with Crippen LogP contribution in [-0.2, 0) is 0 Å². The van der Waals surface area contributed by atoms with E-state index in [1.54, 1.807) is 6.07 Å². The number of rotatable bonds is 2. The van der Waals surface area contributed by atoms with Gasteiger partial charge in [-0.25, -0.2) is 0 Å². The molecule has 2 aromatic rings. The van der Waals surface area contributed by atoms with E-state index in [1.165, 1.54) is 0 Å². The molecule has 2 nitrogen and oxygen atoms in total. The third-order valence-corrected chi connectivity index (χ3v) is 3.32. The predicted octanol–water partition coefficient (Wildman–Crippen LogP) is 4.03. The van der Waals surface area contributed by atoms with Crippen molar-refractivity contribution in [2.75, 3.05) is 0 Å². The van der Waals surface area contributed by atoms with E-state index in [1.807, 2.05) is 30.3 Å². The van der Waals surface area contributed by atoms with Crippen molar-refractivity contribution in [2.45, 2.75) is 25.4 Å². The lowest BCUT2D eigenvalue weighted by Gasteiger charge is -2.19. The molecule has 0 spiro atoms. The van der Waals surface area contributed by atoms with Crippen LogP contribution in [0.15, 0.2) is 48.6 Å². The van der Waals surface area contributed by atoms with Crippen LogP contribution in [0.2, 0.25) is 0 Å². The van der Waals surface area contributed by atoms with Crippen molar-refractivity contribution in [2.24, 2.45) is 0 Å². The molecule has 1 N–H and O–H groups in total. The van der Waals surface area contributed by atoms with Crippen LogP contribution in [0.3, 0.4) is 0 Å². The average molecular weight is 240 g/mol. The maximum Gasteiger partial charge on any atom is 0.162 e. The summed E-state index contributed by atoms with van der Waals surface area (Å²) in [5.74, 6) is 0.790. The first kappa shape index (κ1) is 11.1. The number of aromatic hydroxyl groups is 1. The molecule has 92 valence electrons. The third-order valence-electron chi connectivity index (χ3n) is 3.32. The molecular formula is C16H16O2. The van der Waals surface area contributed by atoms with E-state index in [-0.39, 0.29) is 11.9 Å². The quantitative estimate of drug-likeness (QED) is 0.803. The molecule has 2 aromatic carbocycles. The van der Waals surface area contributed by atoms with Crippen molar-refractivity contribution in [3.8, 4) is 11.5 Å². The van der Waals surface area contributed by atoms with Gasteiger partial charge in [-0.1, -0.05) is 30.3 Å². The lowest BCUT2D eigenvalue weighted by Crippen LogP contribution is -2.15. The van der Waals surface area contributed by atoms with E-state index in [0.29, 0.717) is 5.75 Å². The van der Waals surface area contributed by atoms with Crippen LogP contribution >= 0.6 is 0 Å². The van der Waals surface area contributed by atoms with E-state index in [2.05, 4.69) is 12.2 Å². The summed E-state index contributed by atoms with van der Waals surface area (Å²) in [5, 5.41) is 12.1. The number of benzene rings is 2. The summed E-state index contributed by atoms with van der Waals surface area (Å²) in [7, 11) is 0. The Morgan fingerprint density at radius 2 is 1.89 bits per heavy atom. The molecule has 0 amide bonds. The Labute approximate surface area is 107 Å². The van der Waals surface area contributed by atoms with Crippen LogP contribution in [0.5, 0.6) is 11.5 Å². The van der Waals surface area contributed by atoms with Crippen molar-refractivity contribution in [3.05, 3.63) is 48.6 Å². The zero-order valence-electron chi connectivity index (χ0n) is 10.2. The maximum absolute atomic E-state index is 9.99. The second-order valence-electron chi connectivity index (χ2n) is 4.68. The second-order valence-corrected chi connectivity index (χ2v) is 4.68. The van der Waals surface area contributed by atoms with Gasteiger partial charge in [0.2, 0.25) is 0 Å². The molecule has 1 aliphatic rings. The fourth-order valence-corrected chi connectivity index (χ4v) is 2.34. The molecule has 18 heavy (non-hydrogen) atoms. The molecule has 0 bridgehead atoms. The minimum absolute atomic E-state index is 0.0887. The molecular weight excluding hydrogens is 224 g/mol. The standard InChI is InChI=1S/C16H16O2/c17-15-10-12-6-4-5-7-13(12)11-16(15)18-14-8-2-1-3-9-14/h2,4-8,10-11,14,17H,1,3,9H2. The molecule has 0 fully saturated rings. The van der Waals surface area contributed by atoms with Gasteiger partial charge in [-0.3, -0.25) is 0 Å². The highest BCUT2D eigenvalue weighted by atomic mass is 16.5. The van der Waals surface area contributed by atoms with Gasteiger partial charge in [0.15, 0.2) is 11.5 Å². The smallest absolute Gasteiger partial charge is 0.162 e. The molecule has 3 rings (SSSR count). The molecule has 0 heterocycles. The topological polar surface area (TPSA) is 29.5 Å².